The van der Waals surface area contributed by atoms with Crippen LogP contribution in [-0.2, 0) is 0 Å². The van der Waals surface area contributed by atoms with Crippen molar-refractivity contribution in [3.63, 3.8) is 0 Å². The van der Waals surface area contributed by atoms with Gasteiger partial charge in [0.1, 0.15) is 16.5 Å². The minimum atomic E-state index is -4.67. The Kier molecular flexibility index (Phi) is 4.32. The van der Waals surface area contributed by atoms with Crippen molar-refractivity contribution in [1.82, 2.24) is 9.97 Å². The van der Waals surface area contributed by atoms with E-state index in [1.807, 2.05) is 35.7 Å². The smallest absolute Gasteiger partial charge is 0.382 e. The Balaban J connectivity index is 1.76. The van der Waals surface area contributed by atoms with Gasteiger partial charge >= 0.3 is 6.18 Å². The predicted octanol–water partition coefficient (Wildman–Crippen LogP) is 4.57. The minimum Gasteiger partial charge on any atom is -0.382 e. The third kappa shape index (κ3) is 3.39. The average Bonchev–Trinajstić information content (AvgIpc) is 3.38. The van der Waals surface area contributed by atoms with Gasteiger partial charge in [0.15, 0.2) is 6.10 Å². The van der Waals surface area contributed by atoms with Crippen LogP contribution >= 0.6 is 11.3 Å². The van der Waals surface area contributed by atoms with Crippen LogP contribution in [0.25, 0.3) is 21.3 Å². The van der Waals surface area contributed by atoms with Crippen molar-refractivity contribution in [3.05, 3.63) is 41.5 Å². The van der Waals surface area contributed by atoms with Crippen molar-refractivity contribution >= 4 is 27.4 Å². The van der Waals surface area contributed by atoms with E-state index in [0.717, 1.165) is 28.8 Å². The first-order chi connectivity index (χ1) is 12.4. The zero-order valence-electron chi connectivity index (χ0n) is 13.6. The zero-order valence-corrected chi connectivity index (χ0v) is 14.4. The summed E-state index contributed by atoms with van der Waals surface area (Å²) in [5.74, 6) is 1.28. The molecule has 4 nitrogen and oxygen atoms in total. The van der Waals surface area contributed by atoms with E-state index < -0.39 is 18.8 Å². The van der Waals surface area contributed by atoms with Crippen molar-refractivity contribution in [1.29, 1.82) is 0 Å². The first-order valence-electron chi connectivity index (χ1n) is 8.26. The quantitative estimate of drug-likeness (QED) is 0.682. The summed E-state index contributed by atoms with van der Waals surface area (Å²) in [6.07, 6.45) is -5.13. The number of halogens is 3. The van der Waals surface area contributed by atoms with Crippen molar-refractivity contribution < 1.29 is 18.3 Å². The fourth-order valence-corrected chi connectivity index (χ4v) is 3.70. The highest BCUT2D eigenvalue weighted by molar-refractivity contribution is 7.17. The first-order valence-corrected chi connectivity index (χ1v) is 9.14. The highest BCUT2D eigenvalue weighted by atomic mass is 32.1. The van der Waals surface area contributed by atoms with Crippen LogP contribution in [0.1, 0.15) is 24.6 Å². The van der Waals surface area contributed by atoms with Gasteiger partial charge in [-0.3, -0.25) is 0 Å². The fraction of sp³-hybridized carbons (Fsp3) is 0.333. The van der Waals surface area contributed by atoms with Gasteiger partial charge in [-0.25, -0.2) is 9.97 Å². The maximum absolute atomic E-state index is 12.6. The number of rotatable bonds is 5. The zero-order chi connectivity index (χ0) is 18.3. The van der Waals surface area contributed by atoms with Gasteiger partial charge in [0.05, 0.1) is 11.9 Å². The van der Waals surface area contributed by atoms with Crippen LogP contribution in [0.15, 0.2) is 35.7 Å². The molecule has 1 saturated carbocycles. The predicted molar refractivity (Wildman–Crippen MR) is 95.4 cm³/mol. The molecule has 0 radical (unpaired) electrons. The van der Waals surface area contributed by atoms with Gasteiger partial charge in [-0.2, -0.15) is 13.2 Å². The van der Waals surface area contributed by atoms with Crippen LogP contribution in [0.5, 0.6) is 0 Å². The van der Waals surface area contributed by atoms with E-state index in [1.165, 1.54) is 11.3 Å². The molecule has 4 rings (SSSR count). The summed E-state index contributed by atoms with van der Waals surface area (Å²) < 4.78 is 37.9. The molecule has 1 aliphatic rings. The Morgan fingerprint density at radius 3 is 2.58 bits per heavy atom. The van der Waals surface area contributed by atoms with E-state index >= 15 is 0 Å². The summed E-state index contributed by atoms with van der Waals surface area (Å²) in [5, 5.41) is 14.7. The normalized spacial score (nSPS) is 16.0. The number of alkyl halides is 3. The summed E-state index contributed by atoms with van der Waals surface area (Å²) in [5.41, 5.74) is 1.82. The summed E-state index contributed by atoms with van der Waals surface area (Å²) in [7, 11) is 0. The van der Waals surface area contributed by atoms with Crippen molar-refractivity contribution in [2.24, 2.45) is 0 Å². The number of fused-ring (bicyclic) bond motifs is 1. The van der Waals surface area contributed by atoms with Crippen LogP contribution in [0.3, 0.4) is 0 Å². The first kappa shape index (κ1) is 17.2. The standard InChI is InChI=1S/C18H16F3N3OS/c19-18(20,21)13(25)8-22-16-14-12(10-4-2-1-3-5-10)9-26-17(14)24-15(23-16)11-6-7-11/h1-5,9,11,13,25H,6-8H2,(H,22,23,24)/t13-/m1/s1. The molecule has 1 aliphatic carbocycles. The molecule has 3 aromatic rings. The number of benzene rings is 1. The lowest BCUT2D eigenvalue weighted by atomic mass is 10.1. The SMILES string of the molecule is O[C@H](CNc1nc(C2CC2)nc2scc(-c3ccccc3)c12)C(F)(F)F. The van der Waals surface area contributed by atoms with Crippen molar-refractivity contribution in [2.75, 3.05) is 11.9 Å². The van der Waals surface area contributed by atoms with Gasteiger partial charge in [-0.15, -0.1) is 11.3 Å². The third-order valence-corrected chi connectivity index (χ3v) is 5.19. The van der Waals surface area contributed by atoms with Crippen molar-refractivity contribution in [3.8, 4) is 11.1 Å². The van der Waals surface area contributed by atoms with E-state index in [1.54, 1.807) is 0 Å². The van der Waals surface area contributed by atoms with Crippen LogP contribution < -0.4 is 5.32 Å². The van der Waals surface area contributed by atoms with Gasteiger partial charge in [-0.1, -0.05) is 30.3 Å². The molecule has 2 heterocycles. The van der Waals surface area contributed by atoms with E-state index in [0.29, 0.717) is 17.0 Å². The molecule has 1 aromatic carbocycles. The van der Waals surface area contributed by atoms with E-state index in [9.17, 15) is 18.3 Å². The molecule has 0 aliphatic heterocycles. The van der Waals surface area contributed by atoms with E-state index in [-0.39, 0.29) is 5.92 Å². The van der Waals surface area contributed by atoms with Crippen molar-refractivity contribution in [2.45, 2.75) is 31.0 Å². The summed E-state index contributed by atoms with van der Waals surface area (Å²) >= 11 is 1.45. The molecular weight excluding hydrogens is 363 g/mol. The lowest BCUT2D eigenvalue weighted by Crippen LogP contribution is -2.35. The lowest BCUT2D eigenvalue weighted by molar-refractivity contribution is -0.198. The average molecular weight is 379 g/mol. The summed E-state index contributed by atoms with van der Waals surface area (Å²) in [6.45, 7) is -0.649. The van der Waals surface area contributed by atoms with Gasteiger partial charge in [0.2, 0.25) is 0 Å². The molecule has 2 aromatic heterocycles. The maximum Gasteiger partial charge on any atom is 0.416 e. The minimum absolute atomic E-state index is 0.273. The van der Waals surface area contributed by atoms with Crippen LogP contribution in [0.2, 0.25) is 0 Å². The molecule has 8 heteroatoms. The van der Waals surface area contributed by atoms with Crippen LogP contribution in [0, 0.1) is 0 Å². The van der Waals surface area contributed by atoms with E-state index in [4.69, 9.17) is 0 Å². The number of anilines is 1. The Morgan fingerprint density at radius 2 is 1.92 bits per heavy atom. The Morgan fingerprint density at radius 1 is 1.19 bits per heavy atom. The number of thiophene rings is 1. The topological polar surface area (TPSA) is 58.0 Å². The monoisotopic (exact) mass is 379 g/mol. The number of nitrogens with zero attached hydrogens (tertiary/aromatic N) is 2. The number of aromatic nitrogens is 2. The fourth-order valence-electron chi connectivity index (χ4n) is 2.75. The van der Waals surface area contributed by atoms with E-state index in [2.05, 4.69) is 15.3 Å². The lowest BCUT2D eigenvalue weighted by Gasteiger charge is -2.16. The van der Waals surface area contributed by atoms with Crippen LogP contribution in [-0.4, -0.2) is 33.9 Å². The number of aliphatic hydroxyl groups excluding tert-OH is 1. The summed E-state index contributed by atoms with van der Waals surface area (Å²) in [6, 6.07) is 9.57. The number of hydrogen-bond acceptors (Lipinski definition) is 5. The van der Waals surface area contributed by atoms with Crippen LogP contribution in [0.4, 0.5) is 19.0 Å². The highest BCUT2D eigenvalue weighted by Gasteiger charge is 2.38. The molecule has 2 N–H and O–H groups in total. The van der Waals surface area contributed by atoms with Gasteiger partial charge in [0.25, 0.3) is 0 Å². The molecule has 1 fully saturated rings. The number of aliphatic hydroxyl groups is 1. The Labute approximate surface area is 151 Å². The second kappa shape index (κ2) is 6.51. The molecule has 26 heavy (non-hydrogen) atoms. The Bertz CT molecular complexity index is 923. The molecular formula is C18H16F3N3OS. The van der Waals surface area contributed by atoms with Gasteiger partial charge < -0.3 is 10.4 Å². The molecule has 0 saturated heterocycles. The molecule has 0 spiro atoms. The second-order valence-corrected chi connectivity index (χ2v) is 7.20. The number of nitrogens with one attached hydrogen (secondary N) is 1. The third-order valence-electron chi connectivity index (χ3n) is 4.32. The second-order valence-electron chi connectivity index (χ2n) is 6.34. The highest BCUT2D eigenvalue weighted by Crippen LogP contribution is 2.42. The summed E-state index contributed by atoms with van der Waals surface area (Å²) in [4.78, 5) is 9.82. The molecule has 0 bridgehead atoms. The largest absolute Gasteiger partial charge is 0.416 e. The molecule has 0 unspecified atom stereocenters. The van der Waals surface area contributed by atoms with Gasteiger partial charge in [-0.05, 0) is 18.4 Å². The Hall–Kier alpha value is -2.19. The molecule has 1 atom stereocenters. The number of hydrogen-bond donors (Lipinski definition) is 2. The maximum atomic E-state index is 12.6. The molecule has 0 amide bonds. The van der Waals surface area contributed by atoms with Gasteiger partial charge in [0, 0.05) is 16.9 Å². The molecule has 136 valence electrons.